The van der Waals surface area contributed by atoms with Crippen LogP contribution >= 0.6 is 0 Å². The number of piperidine rings is 1. The van der Waals surface area contributed by atoms with Gasteiger partial charge >= 0.3 is 11.9 Å². The minimum Gasteiger partial charge on any atom is -0.497 e. The molecule has 1 aromatic heterocycles. The normalized spacial score (nSPS) is 24.1. The molecule has 3 aliphatic rings. The van der Waals surface area contributed by atoms with Crippen molar-refractivity contribution in [1.82, 2.24) is 9.88 Å². The highest BCUT2D eigenvalue weighted by molar-refractivity contribution is 5.91. The number of amides is 1. The number of hydrogen-bond acceptors (Lipinski definition) is 11. The minimum absolute atomic E-state index is 0.0170. The third kappa shape index (κ3) is 6.90. The number of nitrogens with two attached hydrogens (primary N) is 1. The molecule has 49 heavy (non-hydrogen) atoms. The third-order valence-electron chi connectivity index (χ3n) is 9.96. The number of nitrogens with zero attached hydrogens (tertiary/aromatic N) is 1. The standard InChI is InChI=1S/C33H40N2O9.C3H5NO/c1-38-19-7-8-20-21-9-10-35-16-18-13-27(44-32(36)17-11-25(39-2)30(41-4)26(12-17)40-3)31(42-5)28(33(37)43-6)22(18)15-24(35)29(21)34-23(20)14-19;1-2-3(4)5/h7-8,11-12,14,18,22,24,27-28,31,34H,9-10,13,15-16H2,1-6H3;2H,1H2,(H2,4,5)/t18-,22+,24-,27-,28+,31+;/m1./s1. The fourth-order valence-corrected chi connectivity index (χ4v) is 7.76. The van der Waals surface area contributed by atoms with E-state index in [4.69, 9.17) is 33.2 Å². The number of primary amides is 1. The first-order chi connectivity index (χ1) is 23.6. The maximum Gasteiger partial charge on any atom is 0.338 e. The fraction of sp³-hybridized carbons (Fsp3) is 0.472. The molecule has 6 rings (SSSR count). The lowest BCUT2D eigenvalue weighted by Gasteiger charge is -2.52. The Bertz CT molecular complexity index is 1680. The first-order valence-corrected chi connectivity index (χ1v) is 16.1. The average Bonchev–Trinajstić information content (AvgIpc) is 3.50. The molecular weight excluding hydrogens is 634 g/mol. The Balaban J connectivity index is 0.000000874. The molecule has 0 radical (unpaired) electrons. The minimum atomic E-state index is -0.670. The molecule has 0 unspecified atom stereocenters. The summed E-state index contributed by atoms with van der Waals surface area (Å²) >= 11 is 0. The SMILES string of the molecule is C=CC(N)=O.COC(=O)[C@H]1[C@H]2C[C@@H]3c4[nH]c5cc(OC)ccc5c4CCN3C[C@H]2C[C@@H](OC(=O)c2cc(OC)c(OC)c(OC)c2)[C@@H]1OC. The average molecular weight is 680 g/mol. The molecule has 0 spiro atoms. The number of fused-ring (bicyclic) bond motifs is 6. The van der Waals surface area contributed by atoms with E-state index in [2.05, 4.69) is 28.3 Å². The van der Waals surface area contributed by atoms with E-state index in [1.807, 2.05) is 12.1 Å². The van der Waals surface area contributed by atoms with Gasteiger partial charge in [-0.3, -0.25) is 14.5 Å². The van der Waals surface area contributed by atoms with Gasteiger partial charge in [-0.1, -0.05) is 6.58 Å². The Morgan fingerprint density at radius 1 is 0.959 bits per heavy atom. The summed E-state index contributed by atoms with van der Waals surface area (Å²) in [5.41, 5.74) is 8.36. The lowest BCUT2D eigenvalue weighted by molar-refractivity contribution is -0.176. The van der Waals surface area contributed by atoms with Crippen LogP contribution < -0.4 is 24.7 Å². The monoisotopic (exact) mass is 679 g/mol. The molecule has 3 aromatic rings. The molecule has 1 saturated carbocycles. The number of carbonyl (C=O) groups excluding carboxylic acids is 3. The van der Waals surface area contributed by atoms with Gasteiger partial charge in [0.2, 0.25) is 11.7 Å². The number of benzene rings is 2. The molecule has 2 aliphatic heterocycles. The van der Waals surface area contributed by atoms with E-state index in [-0.39, 0.29) is 29.4 Å². The molecule has 264 valence electrons. The van der Waals surface area contributed by atoms with Crippen molar-refractivity contribution in [3.8, 4) is 23.0 Å². The topological polar surface area (TPSA) is 161 Å². The zero-order chi connectivity index (χ0) is 35.4. The maximum absolute atomic E-state index is 13.5. The van der Waals surface area contributed by atoms with Gasteiger partial charge < -0.3 is 43.9 Å². The summed E-state index contributed by atoms with van der Waals surface area (Å²) in [6.07, 6.45) is 1.98. The predicted molar refractivity (Wildman–Crippen MR) is 180 cm³/mol. The number of rotatable bonds is 9. The number of H-pyrrole nitrogens is 1. The summed E-state index contributed by atoms with van der Waals surface area (Å²) in [5.74, 6) is -0.0409. The highest BCUT2D eigenvalue weighted by Gasteiger charge is 2.54. The number of aromatic nitrogens is 1. The van der Waals surface area contributed by atoms with Gasteiger partial charge in [0, 0.05) is 42.9 Å². The van der Waals surface area contributed by atoms with Gasteiger partial charge in [-0.2, -0.15) is 0 Å². The molecular formula is C36H45N3O10. The summed E-state index contributed by atoms with van der Waals surface area (Å²) < 4.78 is 39.1. The molecule has 1 saturated heterocycles. The van der Waals surface area contributed by atoms with Crippen LogP contribution in [0.2, 0.25) is 0 Å². The molecule has 13 nitrogen and oxygen atoms in total. The van der Waals surface area contributed by atoms with E-state index in [0.29, 0.717) is 23.7 Å². The van der Waals surface area contributed by atoms with Gasteiger partial charge in [0.1, 0.15) is 18.0 Å². The lowest BCUT2D eigenvalue weighted by Crippen LogP contribution is -2.58. The van der Waals surface area contributed by atoms with Crippen molar-refractivity contribution >= 4 is 28.7 Å². The van der Waals surface area contributed by atoms with E-state index in [0.717, 1.165) is 43.3 Å². The molecule has 1 aliphatic carbocycles. The molecule has 2 aromatic carbocycles. The van der Waals surface area contributed by atoms with E-state index >= 15 is 0 Å². The Hall–Kier alpha value is -4.75. The van der Waals surface area contributed by atoms with Gasteiger partial charge in [0.25, 0.3) is 0 Å². The second-order valence-electron chi connectivity index (χ2n) is 12.3. The molecule has 0 bridgehead atoms. The van der Waals surface area contributed by atoms with Crippen molar-refractivity contribution < 1.29 is 47.5 Å². The molecule has 6 atom stereocenters. The van der Waals surface area contributed by atoms with Crippen molar-refractivity contribution in [3.05, 3.63) is 59.8 Å². The lowest BCUT2D eigenvalue weighted by atomic mass is 9.63. The zero-order valence-corrected chi connectivity index (χ0v) is 28.8. The van der Waals surface area contributed by atoms with Crippen LogP contribution in [0, 0.1) is 17.8 Å². The summed E-state index contributed by atoms with van der Waals surface area (Å²) in [7, 11) is 9.10. The highest BCUT2D eigenvalue weighted by Crippen LogP contribution is 2.51. The summed E-state index contributed by atoms with van der Waals surface area (Å²) in [6, 6.07) is 9.40. The summed E-state index contributed by atoms with van der Waals surface area (Å²) in [5, 5.41) is 1.21. The summed E-state index contributed by atoms with van der Waals surface area (Å²) in [6.45, 7) is 4.77. The first-order valence-electron chi connectivity index (χ1n) is 16.1. The Morgan fingerprint density at radius 3 is 2.22 bits per heavy atom. The van der Waals surface area contributed by atoms with E-state index < -0.39 is 30.0 Å². The Morgan fingerprint density at radius 2 is 1.65 bits per heavy atom. The molecule has 3 heterocycles. The van der Waals surface area contributed by atoms with Crippen molar-refractivity contribution in [3.63, 3.8) is 0 Å². The van der Waals surface area contributed by atoms with Crippen LogP contribution in [0.1, 0.15) is 40.5 Å². The van der Waals surface area contributed by atoms with Crippen LogP contribution in [-0.4, -0.2) is 95.7 Å². The van der Waals surface area contributed by atoms with Gasteiger partial charge in [-0.05, 0) is 67.0 Å². The van der Waals surface area contributed by atoms with E-state index in [9.17, 15) is 14.4 Å². The zero-order valence-electron chi connectivity index (χ0n) is 28.8. The number of hydrogen-bond donors (Lipinski definition) is 2. The van der Waals surface area contributed by atoms with Gasteiger partial charge in [0.05, 0.1) is 53.1 Å². The number of esters is 2. The smallest absolute Gasteiger partial charge is 0.338 e. The van der Waals surface area contributed by atoms with Gasteiger partial charge in [-0.25, -0.2) is 4.79 Å². The summed E-state index contributed by atoms with van der Waals surface area (Å²) in [4.78, 5) is 42.6. The van der Waals surface area contributed by atoms with Crippen LogP contribution in [0.25, 0.3) is 10.9 Å². The number of methoxy groups -OCH3 is 6. The fourth-order valence-electron chi connectivity index (χ4n) is 7.76. The van der Waals surface area contributed by atoms with Crippen molar-refractivity contribution in [2.45, 2.75) is 37.5 Å². The quantitative estimate of drug-likeness (QED) is 0.250. The van der Waals surface area contributed by atoms with Crippen molar-refractivity contribution in [2.24, 2.45) is 23.5 Å². The van der Waals surface area contributed by atoms with E-state index in [1.165, 1.54) is 45.1 Å². The number of aromatic amines is 1. The van der Waals surface area contributed by atoms with Crippen molar-refractivity contribution in [2.75, 3.05) is 55.7 Å². The van der Waals surface area contributed by atoms with Gasteiger partial charge in [0.15, 0.2) is 11.5 Å². The van der Waals surface area contributed by atoms with E-state index in [1.54, 1.807) is 26.4 Å². The molecule has 3 N–H and O–H groups in total. The Labute approximate surface area is 285 Å². The molecule has 1 amide bonds. The number of ether oxygens (including phenoxy) is 7. The van der Waals surface area contributed by atoms with Crippen LogP contribution in [-0.2, 0) is 30.2 Å². The maximum atomic E-state index is 13.5. The molecule has 2 fully saturated rings. The largest absolute Gasteiger partial charge is 0.497 e. The molecule has 13 heteroatoms. The van der Waals surface area contributed by atoms with Crippen molar-refractivity contribution in [1.29, 1.82) is 0 Å². The predicted octanol–water partition coefficient (Wildman–Crippen LogP) is 3.83. The first kappa shape index (κ1) is 35.6. The Kier molecular flexibility index (Phi) is 11.0. The second-order valence-corrected chi connectivity index (χ2v) is 12.3. The number of nitrogens with one attached hydrogen (secondary N) is 1. The third-order valence-corrected chi connectivity index (χ3v) is 9.96. The van der Waals surface area contributed by atoms with Gasteiger partial charge in [-0.15, -0.1) is 0 Å². The second kappa shape index (κ2) is 15.2. The highest BCUT2D eigenvalue weighted by atomic mass is 16.6. The van der Waals surface area contributed by atoms with Crippen LogP contribution in [0.3, 0.4) is 0 Å². The number of carbonyl (C=O) groups is 3. The van der Waals surface area contributed by atoms with Crippen LogP contribution in [0.4, 0.5) is 0 Å². The van der Waals surface area contributed by atoms with Crippen LogP contribution in [0.15, 0.2) is 43.0 Å². The van der Waals surface area contributed by atoms with Crippen LogP contribution in [0.5, 0.6) is 23.0 Å².